The first-order valence-corrected chi connectivity index (χ1v) is 8.44. The highest BCUT2D eigenvalue weighted by atomic mass is 16.5. The molecule has 1 amide bonds. The van der Waals surface area contributed by atoms with Crippen LogP contribution in [0.1, 0.15) is 36.9 Å². The van der Waals surface area contributed by atoms with Gasteiger partial charge in [-0.1, -0.05) is 24.3 Å². The molecule has 0 saturated carbocycles. The van der Waals surface area contributed by atoms with Crippen molar-refractivity contribution in [1.29, 1.82) is 0 Å². The van der Waals surface area contributed by atoms with Crippen LogP contribution >= 0.6 is 0 Å². The summed E-state index contributed by atoms with van der Waals surface area (Å²) in [6.45, 7) is 3.74. The highest BCUT2D eigenvalue weighted by Crippen LogP contribution is 2.25. The Balaban J connectivity index is 1.66. The van der Waals surface area contributed by atoms with Gasteiger partial charge in [0.2, 0.25) is 5.91 Å². The summed E-state index contributed by atoms with van der Waals surface area (Å²) in [5.41, 5.74) is 3.38. The van der Waals surface area contributed by atoms with Crippen molar-refractivity contribution in [3.63, 3.8) is 0 Å². The second-order valence-electron chi connectivity index (χ2n) is 6.20. The molecule has 1 atom stereocenters. The predicted molar refractivity (Wildman–Crippen MR) is 96.3 cm³/mol. The Morgan fingerprint density at radius 1 is 1.21 bits per heavy atom. The Hall–Kier alpha value is -2.33. The van der Waals surface area contributed by atoms with Gasteiger partial charge in [-0.3, -0.25) is 4.79 Å². The summed E-state index contributed by atoms with van der Waals surface area (Å²) in [6.07, 6.45) is 1.61. The molecular weight excluding hydrogens is 300 g/mol. The lowest BCUT2D eigenvalue weighted by Crippen LogP contribution is -2.24. The Morgan fingerprint density at radius 2 is 2.04 bits per heavy atom. The lowest BCUT2D eigenvalue weighted by Gasteiger charge is -2.19. The van der Waals surface area contributed by atoms with Gasteiger partial charge in [0.1, 0.15) is 5.75 Å². The average molecular weight is 324 g/mol. The Kier molecular flexibility index (Phi) is 5.16. The number of hydrogen-bond acceptors (Lipinski definition) is 3. The molecule has 2 aromatic rings. The topological polar surface area (TPSA) is 41.6 Å². The predicted octanol–water partition coefficient (Wildman–Crippen LogP) is 3.67. The van der Waals surface area contributed by atoms with E-state index in [1.54, 1.807) is 7.11 Å². The van der Waals surface area contributed by atoms with Crippen molar-refractivity contribution in [2.75, 3.05) is 18.6 Å². The van der Waals surface area contributed by atoms with Crippen LogP contribution in [0.4, 0.5) is 5.69 Å². The van der Waals surface area contributed by atoms with E-state index in [1.807, 2.05) is 35.2 Å². The fraction of sp³-hybridized carbons (Fsp3) is 0.350. The standard InChI is InChI=1S/C20H24N2O2/c1-15(21-14-16-6-3-9-19(12-16)24-2)17-7-4-8-18(13-17)22-11-5-10-20(22)23/h3-4,6-9,12-13,15,21H,5,10-11,14H2,1-2H3/t15-/m0/s1. The first-order chi connectivity index (χ1) is 11.7. The number of rotatable bonds is 6. The summed E-state index contributed by atoms with van der Waals surface area (Å²) in [5.74, 6) is 1.10. The maximum absolute atomic E-state index is 11.9. The summed E-state index contributed by atoms with van der Waals surface area (Å²) < 4.78 is 5.26. The molecular formula is C20H24N2O2. The van der Waals surface area contributed by atoms with Crippen molar-refractivity contribution in [1.82, 2.24) is 5.32 Å². The summed E-state index contributed by atoms with van der Waals surface area (Å²) in [6, 6.07) is 16.5. The molecule has 1 aliphatic heterocycles. The molecule has 1 saturated heterocycles. The van der Waals surface area contributed by atoms with Crippen LogP contribution in [0.5, 0.6) is 5.75 Å². The molecule has 0 aliphatic carbocycles. The van der Waals surface area contributed by atoms with Gasteiger partial charge in [0.15, 0.2) is 0 Å². The van der Waals surface area contributed by atoms with Crippen molar-refractivity contribution in [3.05, 3.63) is 59.7 Å². The molecule has 0 radical (unpaired) electrons. The molecule has 1 fully saturated rings. The van der Waals surface area contributed by atoms with Gasteiger partial charge in [-0.05, 0) is 48.7 Å². The molecule has 0 spiro atoms. The zero-order valence-corrected chi connectivity index (χ0v) is 14.3. The van der Waals surface area contributed by atoms with Crippen LogP contribution in [0.2, 0.25) is 0 Å². The number of carbonyl (C=O) groups is 1. The van der Waals surface area contributed by atoms with Crippen molar-refractivity contribution in [3.8, 4) is 5.75 Å². The minimum Gasteiger partial charge on any atom is -0.497 e. The van der Waals surface area contributed by atoms with E-state index in [9.17, 15) is 4.79 Å². The molecule has 126 valence electrons. The van der Waals surface area contributed by atoms with Crippen molar-refractivity contribution >= 4 is 11.6 Å². The normalized spacial score (nSPS) is 15.6. The number of hydrogen-bond donors (Lipinski definition) is 1. The SMILES string of the molecule is COc1cccc(CN[C@@H](C)c2cccc(N3CCCC3=O)c2)c1. The van der Waals surface area contributed by atoms with Crippen LogP contribution in [0.15, 0.2) is 48.5 Å². The van der Waals surface area contributed by atoms with Crippen LogP contribution in [0.3, 0.4) is 0 Å². The fourth-order valence-corrected chi connectivity index (χ4v) is 3.05. The van der Waals surface area contributed by atoms with E-state index < -0.39 is 0 Å². The maximum Gasteiger partial charge on any atom is 0.227 e. The Labute approximate surface area is 143 Å². The number of nitrogens with zero attached hydrogens (tertiary/aromatic N) is 1. The summed E-state index contributed by atoms with van der Waals surface area (Å²) in [7, 11) is 1.68. The summed E-state index contributed by atoms with van der Waals surface area (Å²) in [4.78, 5) is 13.8. The molecule has 0 bridgehead atoms. The second-order valence-corrected chi connectivity index (χ2v) is 6.20. The number of ether oxygens (including phenoxy) is 1. The van der Waals surface area contributed by atoms with E-state index >= 15 is 0 Å². The number of methoxy groups -OCH3 is 1. The van der Waals surface area contributed by atoms with E-state index in [0.29, 0.717) is 6.42 Å². The maximum atomic E-state index is 11.9. The summed E-state index contributed by atoms with van der Waals surface area (Å²) >= 11 is 0. The van der Waals surface area contributed by atoms with Gasteiger partial charge in [-0.15, -0.1) is 0 Å². The number of anilines is 1. The smallest absolute Gasteiger partial charge is 0.227 e. The van der Waals surface area contributed by atoms with E-state index in [-0.39, 0.29) is 11.9 Å². The highest BCUT2D eigenvalue weighted by Gasteiger charge is 2.22. The number of nitrogens with one attached hydrogen (secondary N) is 1. The van der Waals surface area contributed by atoms with Crippen LogP contribution in [0, 0.1) is 0 Å². The number of benzene rings is 2. The Morgan fingerprint density at radius 3 is 2.79 bits per heavy atom. The molecule has 24 heavy (non-hydrogen) atoms. The minimum absolute atomic E-state index is 0.203. The van der Waals surface area contributed by atoms with Crippen LogP contribution < -0.4 is 15.0 Å². The molecule has 1 N–H and O–H groups in total. The third-order valence-corrected chi connectivity index (χ3v) is 4.50. The molecule has 4 heteroatoms. The first kappa shape index (κ1) is 16.5. The number of amides is 1. The zero-order chi connectivity index (χ0) is 16.9. The van der Waals surface area contributed by atoms with Crippen LogP contribution in [-0.2, 0) is 11.3 Å². The Bertz CT molecular complexity index is 714. The van der Waals surface area contributed by atoms with Gasteiger partial charge < -0.3 is 15.0 Å². The molecule has 3 rings (SSSR count). The van der Waals surface area contributed by atoms with Crippen molar-refractivity contribution in [2.24, 2.45) is 0 Å². The molecule has 2 aromatic carbocycles. The number of carbonyl (C=O) groups excluding carboxylic acids is 1. The van der Waals surface area contributed by atoms with Gasteiger partial charge in [-0.2, -0.15) is 0 Å². The largest absolute Gasteiger partial charge is 0.497 e. The van der Waals surface area contributed by atoms with Gasteiger partial charge >= 0.3 is 0 Å². The molecule has 4 nitrogen and oxygen atoms in total. The molecule has 1 aliphatic rings. The van der Waals surface area contributed by atoms with E-state index in [0.717, 1.165) is 30.9 Å². The minimum atomic E-state index is 0.203. The molecule has 1 heterocycles. The van der Waals surface area contributed by atoms with Crippen molar-refractivity contribution in [2.45, 2.75) is 32.4 Å². The zero-order valence-electron chi connectivity index (χ0n) is 14.3. The van der Waals surface area contributed by atoms with Gasteiger partial charge in [0.25, 0.3) is 0 Å². The lowest BCUT2D eigenvalue weighted by molar-refractivity contribution is -0.117. The first-order valence-electron chi connectivity index (χ1n) is 8.44. The second kappa shape index (κ2) is 7.49. The van der Waals surface area contributed by atoms with E-state index in [4.69, 9.17) is 4.74 Å². The highest BCUT2D eigenvalue weighted by molar-refractivity contribution is 5.95. The third kappa shape index (κ3) is 3.77. The van der Waals surface area contributed by atoms with Gasteiger partial charge in [-0.25, -0.2) is 0 Å². The van der Waals surface area contributed by atoms with E-state index in [1.165, 1.54) is 11.1 Å². The molecule has 0 aromatic heterocycles. The van der Waals surface area contributed by atoms with Gasteiger partial charge in [0, 0.05) is 31.2 Å². The summed E-state index contributed by atoms with van der Waals surface area (Å²) in [5, 5.41) is 3.54. The third-order valence-electron chi connectivity index (χ3n) is 4.50. The van der Waals surface area contributed by atoms with Gasteiger partial charge in [0.05, 0.1) is 7.11 Å². The molecule has 0 unspecified atom stereocenters. The fourth-order valence-electron chi connectivity index (χ4n) is 3.05. The quantitative estimate of drug-likeness (QED) is 0.881. The monoisotopic (exact) mass is 324 g/mol. The lowest BCUT2D eigenvalue weighted by atomic mass is 10.1. The van der Waals surface area contributed by atoms with E-state index in [2.05, 4.69) is 30.4 Å². The van der Waals surface area contributed by atoms with Crippen molar-refractivity contribution < 1.29 is 9.53 Å². The average Bonchev–Trinajstić information content (AvgIpc) is 3.06. The van der Waals surface area contributed by atoms with Crippen LogP contribution in [-0.4, -0.2) is 19.6 Å². The van der Waals surface area contributed by atoms with Crippen LogP contribution in [0.25, 0.3) is 0 Å².